The Morgan fingerprint density at radius 2 is 2.33 bits per heavy atom. The van der Waals surface area contributed by atoms with Crippen molar-refractivity contribution in [3.8, 4) is 0 Å². The number of hydrogen-bond donors (Lipinski definition) is 2. The van der Waals surface area contributed by atoms with Crippen molar-refractivity contribution in [2.24, 2.45) is 11.7 Å². The van der Waals surface area contributed by atoms with E-state index >= 15 is 0 Å². The van der Waals surface area contributed by atoms with Crippen molar-refractivity contribution < 1.29 is 13.9 Å². The van der Waals surface area contributed by atoms with Gasteiger partial charge in [-0.2, -0.15) is 0 Å². The summed E-state index contributed by atoms with van der Waals surface area (Å²) in [7, 11) is 0. The fourth-order valence-corrected chi connectivity index (χ4v) is 1.93. The number of amides is 1. The number of halogens is 1. The van der Waals surface area contributed by atoms with Crippen molar-refractivity contribution in [2.45, 2.75) is 6.42 Å². The minimum absolute atomic E-state index is 0.0344. The van der Waals surface area contributed by atoms with Crippen LogP contribution in [0.4, 0.5) is 10.1 Å². The molecule has 0 spiro atoms. The Hall–Kier alpha value is -1.53. The van der Waals surface area contributed by atoms with Crippen LogP contribution in [0.25, 0.3) is 0 Å². The van der Waals surface area contributed by atoms with Gasteiger partial charge in [-0.25, -0.2) is 4.39 Å². The van der Waals surface area contributed by atoms with Crippen molar-refractivity contribution in [3.63, 3.8) is 0 Å². The van der Waals surface area contributed by atoms with Gasteiger partial charge in [0.1, 0.15) is 10.8 Å². The quantitative estimate of drug-likeness (QED) is 0.814. The van der Waals surface area contributed by atoms with E-state index in [-0.39, 0.29) is 22.4 Å². The van der Waals surface area contributed by atoms with Crippen LogP contribution in [-0.2, 0) is 9.53 Å². The molecule has 1 aromatic rings. The van der Waals surface area contributed by atoms with Crippen molar-refractivity contribution in [2.75, 3.05) is 18.5 Å². The Bertz CT molecular complexity index is 487. The van der Waals surface area contributed by atoms with E-state index in [1.165, 1.54) is 18.2 Å². The van der Waals surface area contributed by atoms with Gasteiger partial charge in [-0.15, -0.1) is 0 Å². The first-order chi connectivity index (χ1) is 8.58. The molecule has 1 unspecified atom stereocenters. The summed E-state index contributed by atoms with van der Waals surface area (Å²) < 4.78 is 18.5. The average Bonchev–Trinajstić information content (AvgIpc) is 2.85. The maximum Gasteiger partial charge on any atom is 0.229 e. The molecule has 1 heterocycles. The normalized spacial score (nSPS) is 18.6. The fraction of sp³-hybridized carbons (Fsp3) is 0.333. The molecular formula is C12H13FN2O2S. The number of carbonyl (C=O) groups is 1. The second-order valence-electron chi connectivity index (χ2n) is 4.11. The molecule has 18 heavy (non-hydrogen) atoms. The number of carbonyl (C=O) groups excluding carboxylic acids is 1. The van der Waals surface area contributed by atoms with Crippen LogP contribution in [0.5, 0.6) is 0 Å². The molecule has 1 aliphatic heterocycles. The molecule has 1 aliphatic rings. The zero-order valence-corrected chi connectivity index (χ0v) is 10.4. The number of rotatable bonds is 3. The topological polar surface area (TPSA) is 64.3 Å². The molecule has 4 nitrogen and oxygen atoms in total. The molecule has 1 atom stereocenters. The number of benzene rings is 1. The summed E-state index contributed by atoms with van der Waals surface area (Å²) in [5.74, 6) is -0.777. The van der Waals surface area contributed by atoms with Gasteiger partial charge in [0.25, 0.3) is 0 Å². The molecule has 96 valence electrons. The highest BCUT2D eigenvalue weighted by Gasteiger charge is 2.23. The van der Waals surface area contributed by atoms with Gasteiger partial charge in [-0.1, -0.05) is 12.2 Å². The molecule has 0 aliphatic carbocycles. The summed E-state index contributed by atoms with van der Waals surface area (Å²) >= 11 is 4.74. The summed E-state index contributed by atoms with van der Waals surface area (Å²) in [5, 5.41) is 2.71. The Balaban J connectivity index is 2.11. The molecule has 1 saturated heterocycles. The van der Waals surface area contributed by atoms with Crippen molar-refractivity contribution in [1.82, 2.24) is 0 Å². The number of thiocarbonyl (C=S) groups is 1. The Kier molecular flexibility index (Phi) is 3.88. The van der Waals surface area contributed by atoms with Crippen LogP contribution in [-0.4, -0.2) is 24.1 Å². The standard InChI is InChI=1S/C12H13FN2O2S/c13-10-2-1-8(5-9(10)11(14)18)15-12(16)7-3-4-17-6-7/h1-2,5,7H,3-4,6H2,(H2,14,18)(H,15,16). The predicted molar refractivity (Wildman–Crippen MR) is 69.8 cm³/mol. The Labute approximate surface area is 109 Å². The molecule has 0 saturated carbocycles. The van der Waals surface area contributed by atoms with Crippen LogP contribution in [0.15, 0.2) is 18.2 Å². The molecule has 0 radical (unpaired) electrons. The Morgan fingerprint density at radius 1 is 1.56 bits per heavy atom. The number of nitrogens with two attached hydrogens (primary N) is 1. The SMILES string of the molecule is NC(=S)c1cc(NC(=O)C2CCOC2)ccc1F. The Morgan fingerprint density at radius 3 is 2.94 bits per heavy atom. The second-order valence-corrected chi connectivity index (χ2v) is 4.55. The first-order valence-electron chi connectivity index (χ1n) is 5.56. The van der Waals surface area contributed by atoms with E-state index in [4.69, 9.17) is 22.7 Å². The highest BCUT2D eigenvalue weighted by atomic mass is 32.1. The molecule has 1 amide bonds. The first kappa shape index (κ1) is 12.9. The van der Waals surface area contributed by atoms with Gasteiger partial charge >= 0.3 is 0 Å². The van der Waals surface area contributed by atoms with E-state index in [0.717, 1.165) is 0 Å². The van der Waals surface area contributed by atoms with E-state index in [9.17, 15) is 9.18 Å². The lowest BCUT2D eigenvalue weighted by Crippen LogP contribution is -2.23. The summed E-state index contributed by atoms with van der Waals surface area (Å²) in [5.41, 5.74) is 6.01. The third kappa shape index (κ3) is 2.83. The van der Waals surface area contributed by atoms with Gasteiger partial charge in [0, 0.05) is 17.9 Å². The highest BCUT2D eigenvalue weighted by Crippen LogP contribution is 2.18. The van der Waals surface area contributed by atoms with E-state index in [1.807, 2.05) is 0 Å². The van der Waals surface area contributed by atoms with E-state index in [2.05, 4.69) is 5.32 Å². The van der Waals surface area contributed by atoms with Crippen molar-refractivity contribution in [3.05, 3.63) is 29.6 Å². The summed E-state index contributed by atoms with van der Waals surface area (Å²) in [4.78, 5) is 11.8. The van der Waals surface area contributed by atoms with Gasteiger partial charge in [-0.05, 0) is 24.6 Å². The minimum Gasteiger partial charge on any atom is -0.389 e. The number of anilines is 1. The second kappa shape index (κ2) is 5.41. The molecule has 1 fully saturated rings. The van der Waals surface area contributed by atoms with Gasteiger partial charge in [-0.3, -0.25) is 4.79 Å². The average molecular weight is 268 g/mol. The van der Waals surface area contributed by atoms with Crippen LogP contribution in [0, 0.1) is 11.7 Å². The maximum absolute atomic E-state index is 13.4. The van der Waals surface area contributed by atoms with Crippen LogP contribution >= 0.6 is 12.2 Å². The van der Waals surface area contributed by atoms with E-state index < -0.39 is 5.82 Å². The van der Waals surface area contributed by atoms with Gasteiger partial charge < -0.3 is 15.8 Å². The number of hydrogen-bond acceptors (Lipinski definition) is 3. The van der Waals surface area contributed by atoms with E-state index in [1.54, 1.807) is 0 Å². The lowest BCUT2D eigenvalue weighted by Gasteiger charge is -2.10. The van der Waals surface area contributed by atoms with E-state index in [0.29, 0.717) is 25.3 Å². The zero-order chi connectivity index (χ0) is 13.1. The largest absolute Gasteiger partial charge is 0.389 e. The third-order valence-corrected chi connectivity index (χ3v) is 3.02. The smallest absolute Gasteiger partial charge is 0.229 e. The number of ether oxygens (including phenoxy) is 1. The van der Waals surface area contributed by atoms with Crippen LogP contribution in [0.2, 0.25) is 0 Å². The third-order valence-electron chi connectivity index (χ3n) is 2.80. The van der Waals surface area contributed by atoms with Gasteiger partial charge in [0.15, 0.2) is 0 Å². The predicted octanol–water partition coefficient (Wildman–Crippen LogP) is 1.43. The first-order valence-corrected chi connectivity index (χ1v) is 5.96. The zero-order valence-electron chi connectivity index (χ0n) is 9.61. The lowest BCUT2D eigenvalue weighted by molar-refractivity contribution is -0.119. The highest BCUT2D eigenvalue weighted by molar-refractivity contribution is 7.80. The molecule has 6 heteroatoms. The summed E-state index contributed by atoms with van der Waals surface area (Å²) in [6.07, 6.45) is 0.704. The molecule has 0 aromatic heterocycles. The van der Waals surface area contributed by atoms with Gasteiger partial charge in [0.2, 0.25) is 5.91 Å². The summed E-state index contributed by atoms with van der Waals surface area (Å²) in [6, 6.07) is 4.14. The molecular weight excluding hydrogens is 255 g/mol. The van der Waals surface area contributed by atoms with Crippen molar-refractivity contribution >= 4 is 28.8 Å². The monoisotopic (exact) mass is 268 g/mol. The number of nitrogens with one attached hydrogen (secondary N) is 1. The molecule has 0 bridgehead atoms. The minimum atomic E-state index is -0.496. The molecule has 1 aromatic carbocycles. The van der Waals surface area contributed by atoms with Crippen molar-refractivity contribution in [1.29, 1.82) is 0 Å². The fourth-order valence-electron chi connectivity index (χ4n) is 1.78. The van der Waals surface area contributed by atoms with Crippen LogP contribution in [0.3, 0.4) is 0 Å². The summed E-state index contributed by atoms with van der Waals surface area (Å²) in [6.45, 7) is 1.02. The lowest BCUT2D eigenvalue weighted by atomic mass is 10.1. The van der Waals surface area contributed by atoms with Crippen LogP contribution in [0.1, 0.15) is 12.0 Å². The molecule has 3 N–H and O–H groups in total. The molecule has 2 rings (SSSR count). The van der Waals surface area contributed by atoms with Crippen LogP contribution < -0.4 is 11.1 Å². The van der Waals surface area contributed by atoms with Gasteiger partial charge in [0.05, 0.1) is 12.5 Å². The maximum atomic E-state index is 13.4.